The quantitative estimate of drug-likeness (QED) is 0.813. The first-order valence-corrected chi connectivity index (χ1v) is 5.25. The molecule has 2 rings (SSSR count). The summed E-state index contributed by atoms with van der Waals surface area (Å²) in [7, 11) is 1.66. The van der Waals surface area contributed by atoms with Gasteiger partial charge in [-0.3, -0.25) is 0 Å². The van der Waals surface area contributed by atoms with Crippen molar-refractivity contribution >= 4 is 24.4 Å². The lowest BCUT2D eigenvalue weighted by molar-refractivity contribution is 0.263. The fourth-order valence-electron chi connectivity index (χ4n) is 1.54. The van der Waals surface area contributed by atoms with E-state index in [-0.39, 0.29) is 18.4 Å². The van der Waals surface area contributed by atoms with E-state index in [1.807, 2.05) is 12.1 Å². The Bertz CT molecular complexity index is 335. The number of ether oxygens (including phenoxy) is 1. The monoisotopic (exact) mass is 247 g/mol. The summed E-state index contributed by atoms with van der Waals surface area (Å²) in [6.45, 7) is 0.615. The van der Waals surface area contributed by atoms with E-state index in [1.54, 1.807) is 7.11 Å². The lowest BCUT2D eigenvalue weighted by atomic mass is 10.0. The molecule has 0 spiro atoms. The van der Waals surface area contributed by atoms with Crippen molar-refractivity contribution in [1.82, 2.24) is 0 Å². The molecule has 84 valence electrons. The van der Waals surface area contributed by atoms with Gasteiger partial charge in [0.25, 0.3) is 0 Å². The molecule has 0 aromatic heterocycles. The van der Waals surface area contributed by atoms with Gasteiger partial charge in [-0.15, -0.1) is 12.4 Å². The second kappa shape index (κ2) is 5.61. The first-order chi connectivity index (χ1) is 6.79. The van der Waals surface area contributed by atoms with Crippen molar-refractivity contribution in [3.63, 3.8) is 0 Å². The average molecular weight is 248 g/mol. The zero-order valence-electron chi connectivity index (χ0n) is 8.43. The third-order valence-electron chi connectivity index (χ3n) is 2.15. The molecule has 1 aromatic rings. The van der Waals surface area contributed by atoms with Crippen LogP contribution in [0.1, 0.15) is 5.56 Å². The number of rotatable bonds is 2. The predicted octanol–water partition coefficient (Wildman–Crippen LogP) is 2.02. The minimum Gasteiger partial charge on any atom is -0.492 e. The lowest BCUT2D eigenvalue weighted by Crippen LogP contribution is -2.33. The average Bonchev–Trinajstić information content (AvgIpc) is 2.17. The van der Waals surface area contributed by atoms with Crippen molar-refractivity contribution in [1.29, 1.82) is 0 Å². The molecule has 1 aliphatic heterocycles. The SMILES string of the molecule is COSc1ccc2c(c1)CC(N)CO2.Cl. The molecular formula is C10H14ClNO2S. The third-order valence-corrected chi connectivity index (χ3v) is 2.76. The molecule has 0 bridgehead atoms. The maximum Gasteiger partial charge on any atom is 0.122 e. The van der Waals surface area contributed by atoms with E-state index < -0.39 is 0 Å². The highest BCUT2D eigenvalue weighted by molar-refractivity contribution is 7.94. The highest BCUT2D eigenvalue weighted by Gasteiger charge is 2.16. The number of benzene rings is 1. The molecule has 0 amide bonds. The van der Waals surface area contributed by atoms with E-state index in [0.29, 0.717) is 6.61 Å². The van der Waals surface area contributed by atoms with Crippen LogP contribution in [-0.4, -0.2) is 19.8 Å². The van der Waals surface area contributed by atoms with Crippen LogP contribution in [-0.2, 0) is 10.6 Å². The van der Waals surface area contributed by atoms with Crippen LogP contribution in [0, 0.1) is 0 Å². The normalized spacial score (nSPS) is 18.7. The summed E-state index contributed by atoms with van der Waals surface area (Å²) in [4.78, 5) is 1.09. The Morgan fingerprint density at radius 2 is 2.33 bits per heavy atom. The number of hydrogen-bond donors (Lipinski definition) is 1. The predicted molar refractivity (Wildman–Crippen MR) is 63.7 cm³/mol. The Labute approximate surface area is 99.9 Å². The maximum absolute atomic E-state index is 5.81. The van der Waals surface area contributed by atoms with E-state index in [2.05, 4.69) is 6.07 Å². The van der Waals surface area contributed by atoms with E-state index in [1.165, 1.54) is 17.6 Å². The Morgan fingerprint density at radius 1 is 1.53 bits per heavy atom. The van der Waals surface area contributed by atoms with Gasteiger partial charge in [0.1, 0.15) is 12.4 Å². The van der Waals surface area contributed by atoms with Crippen LogP contribution in [0.4, 0.5) is 0 Å². The van der Waals surface area contributed by atoms with Crippen LogP contribution in [0.5, 0.6) is 5.75 Å². The summed E-state index contributed by atoms with van der Waals surface area (Å²) in [6.07, 6.45) is 0.882. The minimum absolute atomic E-state index is 0. The van der Waals surface area contributed by atoms with Crippen molar-refractivity contribution in [2.75, 3.05) is 13.7 Å². The van der Waals surface area contributed by atoms with Crippen LogP contribution < -0.4 is 10.5 Å². The van der Waals surface area contributed by atoms with Crippen LogP contribution in [0.25, 0.3) is 0 Å². The van der Waals surface area contributed by atoms with Crippen molar-refractivity contribution in [3.05, 3.63) is 23.8 Å². The summed E-state index contributed by atoms with van der Waals surface area (Å²) >= 11 is 1.35. The third kappa shape index (κ3) is 3.01. The molecule has 1 heterocycles. The van der Waals surface area contributed by atoms with Crippen LogP contribution >= 0.6 is 24.4 Å². The molecule has 1 unspecified atom stereocenters. The van der Waals surface area contributed by atoms with E-state index >= 15 is 0 Å². The Hall–Kier alpha value is -0.420. The Kier molecular flexibility index (Phi) is 4.73. The Balaban J connectivity index is 0.00000112. The molecular weight excluding hydrogens is 234 g/mol. The van der Waals surface area contributed by atoms with Crippen molar-refractivity contribution in [2.24, 2.45) is 5.73 Å². The fourth-order valence-corrected chi connectivity index (χ4v) is 2.05. The van der Waals surface area contributed by atoms with E-state index in [4.69, 9.17) is 14.7 Å². The van der Waals surface area contributed by atoms with E-state index in [9.17, 15) is 0 Å². The highest BCUT2D eigenvalue weighted by atomic mass is 35.5. The zero-order chi connectivity index (χ0) is 9.97. The van der Waals surface area contributed by atoms with Gasteiger partial charge in [-0.1, -0.05) is 0 Å². The van der Waals surface area contributed by atoms with Gasteiger partial charge in [0.05, 0.1) is 7.11 Å². The molecule has 0 saturated heterocycles. The van der Waals surface area contributed by atoms with Crippen molar-refractivity contribution in [2.45, 2.75) is 17.4 Å². The lowest BCUT2D eigenvalue weighted by Gasteiger charge is -2.22. The van der Waals surface area contributed by atoms with Crippen molar-refractivity contribution < 1.29 is 8.92 Å². The Morgan fingerprint density at radius 3 is 3.07 bits per heavy atom. The first-order valence-electron chi connectivity index (χ1n) is 4.51. The topological polar surface area (TPSA) is 44.5 Å². The molecule has 0 saturated carbocycles. The molecule has 0 aliphatic carbocycles. The van der Waals surface area contributed by atoms with Gasteiger partial charge in [-0.25, -0.2) is 0 Å². The second-order valence-electron chi connectivity index (χ2n) is 3.29. The zero-order valence-corrected chi connectivity index (χ0v) is 10.1. The number of hydrogen-bond acceptors (Lipinski definition) is 4. The molecule has 1 aliphatic rings. The summed E-state index contributed by atoms with van der Waals surface area (Å²) in [5.41, 5.74) is 6.98. The van der Waals surface area contributed by atoms with Gasteiger partial charge in [0, 0.05) is 23.0 Å². The molecule has 1 atom stereocenters. The summed E-state index contributed by atoms with van der Waals surface area (Å²) in [5.74, 6) is 0.951. The minimum atomic E-state index is 0. The fraction of sp³-hybridized carbons (Fsp3) is 0.400. The second-order valence-corrected chi connectivity index (χ2v) is 4.27. The number of nitrogens with two attached hydrogens (primary N) is 1. The number of halogens is 1. The summed E-state index contributed by atoms with van der Waals surface area (Å²) < 4.78 is 10.5. The van der Waals surface area contributed by atoms with Gasteiger partial charge < -0.3 is 14.7 Å². The van der Waals surface area contributed by atoms with Crippen LogP contribution in [0.2, 0.25) is 0 Å². The van der Waals surface area contributed by atoms with Crippen LogP contribution in [0.3, 0.4) is 0 Å². The first kappa shape index (κ1) is 12.6. The maximum atomic E-state index is 5.81. The number of fused-ring (bicyclic) bond motifs is 1. The molecule has 0 radical (unpaired) electrons. The molecule has 15 heavy (non-hydrogen) atoms. The van der Waals surface area contributed by atoms with E-state index in [0.717, 1.165) is 17.1 Å². The van der Waals surface area contributed by atoms with Gasteiger partial charge in [0.2, 0.25) is 0 Å². The summed E-state index contributed by atoms with van der Waals surface area (Å²) in [6, 6.07) is 6.15. The van der Waals surface area contributed by atoms with Crippen molar-refractivity contribution in [3.8, 4) is 5.75 Å². The van der Waals surface area contributed by atoms with Crippen LogP contribution in [0.15, 0.2) is 23.1 Å². The van der Waals surface area contributed by atoms with Gasteiger partial charge in [-0.2, -0.15) is 0 Å². The molecule has 0 fully saturated rings. The van der Waals surface area contributed by atoms with Gasteiger partial charge in [0.15, 0.2) is 0 Å². The standard InChI is InChI=1S/C10H13NO2S.ClH/c1-12-14-9-2-3-10-7(5-9)4-8(11)6-13-10;/h2-3,5,8H,4,6,11H2,1H3;1H. The molecule has 1 aromatic carbocycles. The largest absolute Gasteiger partial charge is 0.492 e. The highest BCUT2D eigenvalue weighted by Crippen LogP contribution is 2.29. The smallest absolute Gasteiger partial charge is 0.122 e. The summed E-state index contributed by atoms with van der Waals surface area (Å²) in [5, 5.41) is 0. The molecule has 3 nitrogen and oxygen atoms in total. The molecule has 2 N–H and O–H groups in total. The van der Waals surface area contributed by atoms with Gasteiger partial charge in [-0.05, 0) is 30.2 Å². The molecule has 5 heteroatoms. The van der Waals surface area contributed by atoms with Gasteiger partial charge >= 0.3 is 0 Å².